The summed E-state index contributed by atoms with van der Waals surface area (Å²) in [5, 5.41) is 0. The molecule has 0 spiro atoms. The van der Waals surface area contributed by atoms with Crippen LogP contribution >= 0.6 is 0 Å². The third-order valence-corrected chi connectivity index (χ3v) is 2.83. The van der Waals surface area contributed by atoms with E-state index in [1.807, 2.05) is 40.7 Å². The van der Waals surface area contributed by atoms with Gasteiger partial charge in [0.25, 0.3) is 0 Å². The van der Waals surface area contributed by atoms with Crippen LogP contribution in [0.15, 0.2) is 12.1 Å². The van der Waals surface area contributed by atoms with Crippen molar-refractivity contribution >= 4 is 12.3 Å². The van der Waals surface area contributed by atoms with Crippen LogP contribution in [0.1, 0.15) is 38.8 Å². The first-order valence-corrected chi connectivity index (χ1v) is 7.99. The van der Waals surface area contributed by atoms with E-state index in [-0.39, 0.29) is 36.5 Å². The molecule has 1 rings (SSSR count). The highest BCUT2D eigenvalue weighted by Crippen LogP contribution is 2.33. The molecule has 24 heavy (non-hydrogen) atoms. The minimum Gasteiger partial charge on any atom is -0.434 e. The van der Waals surface area contributed by atoms with Crippen molar-refractivity contribution in [3.8, 4) is 11.5 Å². The van der Waals surface area contributed by atoms with Crippen LogP contribution in [0.3, 0.4) is 0 Å². The molecule has 1 aromatic rings. The Morgan fingerprint density at radius 2 is 1.38 bits per heavy atom. The number of aryl methyl sites for hydroxylation is 2. The molecule has 0 heterocycles. The summed E-state index contributed by atoms with van der Waals surface area (Å²) in [5.41, 5.74) is 1.52. The van der Waals surface area contributed by atoms with E-state index in [2.05, 4.69) is 0 Å². The van der Waals surface area contributed by atoms with Gasteiger partial charge in [0.2, 0.25) is 0 Å². The summed E-state index contributed by atoms with van der Waals surface area (Å²) < 4.78 is 20.4. The molecule has 0 bridgehead atoms. The zero-order chi connectivity index (χ0) is 18.3. The second-order valence-electron chi connectivity index (χ2n) is 6.52. The maximum atomic E-state index is 11.8. The molecule has 0 fully saturated rings. The third-order valence-electron chi connectivity index (χ3n) is 2.83. The molecule has 6 nitrogen and oxygen atoms in total. The fourth-order valence-electron chi connectivity index (χ4n) is 1.82. The Balaban J connectivity index is 2.86. The van der Waals surface area contributed by atoms with Crippen molar-refractivity contribution in [1.82, 2.24) is 0 Å². The Morgan fingerprint density at radius 1 is 0.875 bits per heavy atom. The first-order valence-electron chi connectivity index (χ1n) is 7.99. The molecule has 0 saturated carbocycles. The van der Waals surface area contributed by atoms with Gasteiger partial charge in [-0.15, -0.1) is 0 Å². The van der Waals surface area contributed by atoms with Gasteiger partial charge in [0.05, 0.1) is 13.2 Å². The Hall–Kier alpha value is -2.24. The maximum Gasteiger partial charge on any atom is 0.513 e. The van der Waals surface area contributed by atoms with E-state index in [0.717, 1.165) is 5.56 Å². The fraction of sp³-hybridized carbons (Fsp3) is 0.556. The van der Waals surface area contributed by atoms with E-state index in [9.17, 15) is 9.59 Å². The lowest BCUT2D eigenvalue weighted by Crippen LogP contribution is -2.17. The van der Waals surface area contributed by atoms with Gasteiger partial charge in [0, 0.05) is 0 Å². The van der Waals surface area contributed by atoms with Gasteiger partial charge in [-0.25, -0.2) is 9.59 Å². The second kappa shape index (κ2) is 9.15. The SMILES string of the molecule is Cc1cc(C)c(OC(=O)OCC(C)C)c(OC(=O)OCC(C)C)c1. The Morgan fingerprint density at radius 3 is 1.88 bits per heavy atom. The van der Waals surface area contributed by atoms with E-state index >= 15 is 0 Å². The molecule has 0 aliphatic rings. The van der Waals surface area contributed by atoms with Gasteiger partial charge in [-0.05, 0) is 42.9 Å². The summed E-state index contributed by atoms with van der Waals surface area (Å²) >= 11 is 0. The van der Waals surface area contributed by atoms with E-state index in [1.165, 1.54) is 0 Å². The topological polar surface area (TPSA) is 71.1 Å². The van der Waals surface area contributed by atoms with E-state index < -0.39 is 12.3 Å². The Bertz CT molecular complexity index is 577. The van der Waals surface area contributed by atoms with Crippen LogP contribution in [0.4, 0.5) is 9.59 Å². The average molecular weight is 338 g/mol. The van der Waals surface area contributed by atoms with Crippen LogP contribution in [0.25, 0.3) is 0 Å². The summed E-state index contributed by atoms with van der Waals surface area (Å²) in [4.78, 5) is 23.6. The van der Waals surface area contributed by atoms with Crippen molar-refractivity contribution in [1.29, 1.82) is 0 Å². The molecular weight excluding hydrogens is 312 g/mol. The van der Waals surface area contributed by atoms with E-state index in [1.54, 1.807) is 13.0 Å². The number of rotatable bonds is 6. The largest absolute Gasteiger partial charge is 0.513 e. The minimum absolute atomic E-state index is 0.128. The fourth-order valence-corrected chi connectivity index (χ4v) is 1.82. The van der Waals surface area contributed by atoms with Gasteiger partial charge in [-0.3, -0.25) is 0 Å². The normalized spacial score (nSPS) is 10.7. The summed E-state index contributed by atoms with van der Waals surface area (Å²) in [6.07, 6.45) is -1.68. The van der Waals surface area contributed by atoms with Crippen molar-refractivity contribution in [3.05, 3.63) is 23.3 Å². The summed E-state index contributed by atoms with van der Waals surface area (Å²) in [6.45, 7) is 11.8. The number of hydrogen-bond donors (Lipinski definition) is 0. The van der Waals surface area contributed by atoms with Crippen molar-refractivity contribution in [2.45, 2.75) is 41.5 Å². The highest BCUT2D eigenvalue weighted by Gasteiger charge is 2.19. The van der Waals surface area contributed by atoms with Gasteiger partial charge in [-0.2, -0.15) is 0 Å². The van der Waals surface area contributed by atoms with Gasteiger partial charge in [0.15, 0.2) is 11.5 Å². The minimum atomic E-state index is -0.839. The summed E-state index contributed by atoms with van der Waals surface area (Å²) in [5.74, 6) is 0.663. The second-order valence-corrected chi connectivity index (χ2v) is 6.52. The van der Waals surface area contributed by atoms with Crippen molar-refractivity contribution in [2.75, 3.05) is 13.2 Å². The first kappa shape index (κ1) is 19.8. The molecule has 0 aromatic heterocycles. The van der Waals surface area contributed by atoms with Crippen molar-refractivity contribution < 1.29 is 28.5 Å². The average Bonchev–Trinajstić information content (AvgIpc) is 2.46. The van der Waals surface area contributed by atoms with Gasteiger partial charge in [0.1, 0.15) is 0 Å². The Labute approximate surface area is 143 Å². The molecule has 0 radical (unpaired) electrons. The standard InChI is InChI=1S/C18H26O6/c1-11(2)9-21-17(19)23-15-8-13(5)7-14(6)16(15)24-18(20)22-10-12(3)4/h7-8,11-12H,9-10H2,1-6H3. The van der Waals surface area contributed by atoms with Crippen LogP contribution in [0.2, 0.25) is 0 Å². The van der Waals surface area contributed by atoms with Crippen LogP contribution in [0.5, 0.6) is 11.5 Å². The van der Waals surface area contributed by atoms with E-state index in [4.69, 9.17) is 18.9 Å². The molecular formula is C18H26O6. The molecule has 0 N–H and O–H groups in total. The zero-order valence-electron chi connectivity index (χ0n) is 15.2. The predicted molar refractivity (Wildman–Crippen MR) is 89.5 cm³/mol. The van der Waals surface area contributed by atoms with Gasteiger partial charge < -0.3 is 18.9 Å². The van der Waals surface area contributed by atoms with Gasteiger partial charge in [-0.1, -0.05) is 33.8 Å². The zero-order valence-corrected chi connectivity index (χ0v) is 15.2. The number of carbonyl (C=O) groups excluding carboxylic acids is 2. The molecule has 1 aromatic carbocycles. The van der Waals surface area contributed by atoms with E-state index in [0.29, 0.717) is 5.56 Å². The molecule has 0 atom stereocenters. The highest BCUT2D eigenvalue weighted by atomic mass is 16.7. The number of hydrogen-bond acceptors (Lipinski definition) is 6. The summed E-state index contributed by atoms with van der Waals surface area (Å²) in [7, 11) is 0. The molecule has 0 amide bonds. The van der Waals surface area contributed by atoms with Crippen LogP contribution in [-0.2, 0) is 9.47 Å². The molecule has 0 aliphatic carbocycles. The van der Waals surface area contributed by atoms with Gasteiger partial charge >= 0.3 is 12.3 Å². The summed E-state index contributed by atoms with van der Waals surface area (Å²) in [6, 6.07) is 3.42. The third kappa shape index (κ3) is 6.89. The lowest BCUT2D eigenvalue weighted by molar-refractivity contribution is 0.0793. The van der Waals surface area contributed by atoms with Crippen molar-refractivity contribution in [3.63, 3.8) is 0 Å². The first-order chi connectivity index (χ1) is 11.2. The molecule has 134 valence electrons. The van der Waals surface area contributed by atoms with Crippen LogP contribution in [0, 0.1) is 25.7 Å². The molecule has 6 heteroatoms. The molecule has 0 saturated heterocycles. The smallest absolute Gasteiger partial charge is 0.434 e. The number of ether oxygens (including phenoxy) is 4. The molecule has 0 unspecified atom stereocenters. The lowest BCUT2D eigenvalue weighted by atomic mass is 10.1. The van der Waals surface area contributed by atoms with Crippen molar-refractivity contribution in [2.24, 2.45) is 11.8 Å². The Kier molecular flexibility index (Phi) is 7.55. The maximum absolute atomic E-state index is 11.8. The van der Waals surface area contributed by atoms with Crippen LogP contribution < -0.4 is 9.47 Å². The monoisotopic (exact) mass is 338 g/mol. The van der Waals surface area contributed by atoms with Crippen LogP contribution in [-0.4, -0.2) is 25.5 Å². The molecule has 0 aliphatic heterocycles. The quantitative estimate of drug-likeness (QED) is 0.555. The number of carbonyl (C=O) groups is 2. The number of benzene rings is 1. The highest BCUT2D eigenvalue weighted by molar-refractivity contribution is 5.70. The lowest BCUT2D eigenvalue weighted by Gasteiger charge is -2.14. The predicted octanol–water partition coefficient (Wildman–Crippen LogP) is 4.65.